The quantitative estimate of drug-likeness (QED) is 0.770. The van der Waals surface area contributed by atoms with Crippen LogP contribution in [0.4, 0.5) is 0 Å². The van der Waals surface area contributed by atoms with Crippen molar-refractivity contribution in [3.05, 3.63) is 70.6 Å². The van der Waals surface area contributed by atoms with Crippen LogP contribution >= 0.6 is 11.6 Å². The Kier molecular flexibility index (Phi) is 3.94. The highest BCUT2D eigenvalue weighted by atomic mass is 35.5. The Morgan fingerprint density at radius 3 is 2.86 bits per heavy atom. The number of amides is 1. The standard InChI is InChI=1S/C17H14ClN3O/c1-11-10-16(21-20-11)17(22)19-9-8-14-13-5-3-2-4-12(13)6-7-15(14)18/h2-10H,1H3,(H,19,22)(H,20,21)/b9-8-. The third-order valence-corrected chi connectivity index (χ3v) is 3.65. The van der Waals surface area contributed by atoms with Crippen molar-refractivity contribution >= 4 is 34.4 Å². The summed E-state index contributed by atoms with van der Waals surface area (Å²) >= 11 is 6.26. The molecular weight excluding hydrogens is 298 g/mol. The summed E-state index contributed by atoms with van der Waals surface area (Å²) in [5.74, 6) is -0.267. The van der Waals surface area contributed by atoms with E-state index in [1.165, 1.54) is 0 Å². The van der Waals surface area contributed by atoms with Crippen molar-refractivity contribution in [3.63, 3.8) is 0 Å². The van der Waals surface area contributed by atoms with Crippen molar-refractivity contribution in [3.8, 4) is 0 Å². The number of aryl methyl sites for hydroxylation is 1. The zero-order valence-corrected chi connectivity index (χ0v) is 12.7. The molecule has 0 saturated carbocycles. The lowest BCUT2D eigenvalue weighted by Crippen LogP contribution is -2.17. The molecule has 0 aliphatic carbocycles. The van der Waals surface area contributed by atoms with Crippen molar-refractivity contribution in [1.29, 1.82) is 0 Å². The Bertz CT molecular complexity index is 867. The first-order chi connectivity index (χ1) is 10.6. The van der Waals surface area contributed by atoms with Crippen molar-refractivity contribution in [2.24, 2.45) is 0 Å². The smallest absolute Gasteiger partial charge is 0.275 e. The van der Waals surface area contributed by atoms with Crippen LogP contribution in [0.15, 0.2) is 48.7 Å². The molecule has 3 aromatic rings. The normalized spacial score (nSPS) is 11.2. The van der Waals surface area contributed by atoms with Gasteiger partial charge in [0.15, 0.2) is 5.69 Å². The minimum atomic E-state index is -0.267. The van der Waals surface area contributed by atoms with Gasteiger partial charge >= 0.3 is 0 Å². The van der Waals surface area contributed by atoms with Gasteiger partial charge < -0.3 is 5.32 Å². The summed E-state index contributed by atoms with van der Waals surface area (Å²) in [6.07, 6.45) is 3.38. The summed E-state index contributed by atoms with van der Waals surface area (Å²) in [4.78, 5) is 11.9. The van der Waals surface area contributed by atoms with E-state index in [1.807, 2.05) is 43.3 Å². The number of nitrogens with one attached hydrogen (secondary N) is 2. The van der Waals surface area contributed by atoms with Crippen LogP contribution in [0.1, 0.15) is 21.7 Å². The Hall–Kier alpha value is -2.59. The highest BCUT2D eigenvalue weighted by Crippen LogP contribution is 2.27. The van der Waals surface area contributed by atoms with Crippen LogP contribution in [-0.4, -0.2) is 16.1 Å². The van der Waals surface area contributed by atoms with Gasteiger partial charge in [-0.3, -0.25) is 9.89 Å². The van der Waals surface area contributed by atoms with Crippen molar-refractivity contribution < 1.29 is 4.79 Å². The highest BCUT2D eigenvalue weighted by Gasteiger charge is 2.07. The van der Waals surface area contributed by atoms with Gasteiger partial charge in [-0.15, -0.1) is 0 Å². The molecule has 22 heavy (non-hydrogen) atoms. The average Bonchev–Trinajstić information content (AvgIpc) is 2.96. The molecule has 4 nitrogen and oxygen atoms in total. The van der Waals surface area contributed by atoms with Gasteiger partial charge in [0.25, 0.3) is 5.91 Å². The molecule has 0 aliphatic heterocycles. The first kappa shape index (κ1) is 14.4. The van der Waals surface area contributed by atoms with Gasteiger partial charge in [-0.05, 0) is 35.9 Å². The van der Waals surface area contributed by atoms with Gasteiger partial charge in [-0.1, -0.05) is 41.9 Å². The van der Waals surface area contributed by atoms with E-state index in [0.29, 0.717) is 10.7 Å². The van der Waals surface area contributed by atoms with E-state index in [4.69, 9.17) is 11.6 Å². The molecule has 5 heteroatoms. The predicted molar refractivity (Wildman–Crippen MR) is 88.8 cm³/mol. The fraction of sp³-hybridized carbons (Fsp3) is 0.0588. The van der Waals surface area contributed by atoms with E-state index in [0.717, 1.165) is 22.0 Å². The van der Waals surface area contributed by atoms with E-state index in [1.54, 1.807) is 18.3 Å². The molecule has 110 valence electrons. The number of nitrogens with zero attached hydrogens (tertiary/aromatic N) is 1. The lowest BCUT2D eigenvalue weighted by molar-refractivity contribution is 0.0965. The maximum atomic E-state index is 11.9. The number of halogens is 1. The predicted octanol–water partition coefficient (Wildman–Crippen LogP) is 3.93. The number of benzene rings is 2. The molecular formula is C17H14ClN3O. The number of carbonyl (C=O) groups excluding carboxylic acids is 1. The van der Waals surface area contributed by atoms with Gasteiger partial charge in [-0.2, -0.15) is 5.10 Å². The van der Waals surface area contributed by atoms with Crippen molar-refractivity contribution in [2.45, 2.75) is 6.92 Å². The Morgan fingerprint density at radius 2 is 2.09 bits per heavy atom. The molecule has 0 bridgehead atoms. The third-order valence-electron chi connectivity index (χ3n) is 3.32. The Morgan fingerprint density at radius 1 is 1.27 bits per heavy atom. The first-order valence-corrected chi connectivity index (χ1v) is 7.19. The fourth-order valence-corrected chi connectivity index (χ4v) is 2.48. The second-order valence-corrected chi connectivity index (χ2v) is 5.33. The SMILES string of the molecule is Cc1cc(C(=O)N/C=C\c2c(Cl)ccc3ccccc23)n[nH]1. The first-order valence-electron chi connectivity index (χ1n) is 6.82. The molecule has 1 heterocycles. The number of carbonyl (C=O) groups is 1. The molecule has 3 rings (SSSR count). The highest BCUT2D eigenvalue weighted by molar-refractivity contribution is 6.33. The van der Waals surface area contributed by atoms with Gasteiger partial charge in [-0.25, -0.2) is 0 Å². The minimum absolute atomic E-state index is 0.267. The number of H-pyrrole nitrogens is 1. The van der Waals surface area contributed by atoms with Crippen molar-refractivity contribution in [1.82, 2.24) is 15.5 Å². The number of aromatic amines is 1. The lowest BCUT2D eigenvalue weighted by Gasteiger charge is -2.05. The van der Waals surface area contributed by atoms with Crippen LogP contribution in [0.5, 0.6) is 0 Å². The van der Waals surface area contributed by atoms with Crippen LogP contribution in [0, 0.1) is 6.92 Å². The van der Waals surface area contributed by atoms with Gasteiger partial charge in [0, 0.05) is 22.5 Å². The van der Waals surface area contributed by atoms with E-state index in [9.17, 15) is 4.79 Å². The second-order valence-electron chi connectivity index (χ2n) is 4.93. The van der Waals surface area contributed by atoms with Crippen LogP contribution in [-0.2, 0) is 0 Å². The molecule has 0 saturated heterocycles. The van der Waals surface area contributed by atoms with E-state index in [2.05, 4.69) is 15.5 Å². The minimum Gasteiger partial charge on any atom is -0.327 e. The number of hydrogen-bond donors (Lipinski definition) is 2. The third kappa shape index (κ3) is 2.87. The van der Waals surface area contributed by atoms with E-state index >= 15 is 0 Å². The summed E-state index contributed by atoms with van der Waals surface area (Å²) in [5.41, 5.74) is 2.07. The molecule has 0 unspecified atom stereocenters. The molecule has 1 aromatic heterocycles. The van der Waals surface area contributed by atoms with Crippen LogP contribution in [0.2, 0.25) is 5.02 Å². The lowest BCUT2D eigenvalue weighted by atomic mass is 10.0. The van der Waals surface area contributed by atoms with E-state index in [-0.39, 0.29) is 5.91 Å². The van der Waals surface area contributed by atoms with Crippen LogP contribution in [0.25, 0.3) is 16.8 Å². The maximum Gasteiger partial charge on any atom is 0.275 e. The topological polar surface area (TPSA) is 57.8 Å². The van der Waals surface area contributed by atoms with Gasteiger partial charge in [0.1, 0.15) is 0 Å². The molecule has 0 radical (unpaired) electrons. The number of fused-ring (bicyclic) bond motifs is 1. The molecule has 0 fully saturated rings. The molecule has 2 aromatic carbocycles. The van der Waals surface area contributed by atoms with Crippen molar-refractivity contribution in [2.75, 3.05) is 0 Å². The van der Waals surface area contributed by atoms with Crippen LogP contribution in [0.3, 0.4) is 0 Å². The summed E-state index contributed by atoms with van der Waals surface area (Å²) in [7, 11) is 0. The van der Waals surface area contributed by atoms with Gasteiger partial charge in [0.05, 0.1) is 0 Å². The molecule has 1 amide bonds. The number of aromatic nitrogens is 2. The Labute approximate surface area is 132 Å². The molecule has 0 atom stereocenters. The zero-order chi connectivity index (χ0) is 15.5. The number of hydrogen-bond acceptors (Lipinski definition) is 2. The molecule has 0 spiro atoms. The van der Waals surface area contributed by atoms with Gasteiger partial charge in [0.2, 0.25) is 0 Å². The van der Waals surface area contributed by atoms with Crippen LogP contribution < -0.4 is 5.32 Å². The monoisotopic (exact) mass is 311 g/mol. The second kappa shape index (κ2) is 6.03. The zero-order valence-electron chi connectivity index (χ0n) is 11.9. The summed E-state index contributed by atoms with van der Waals surface area (Å²) < 4.78 is 0. The fourth-order valence-electron chi connectivity index (χ4n) is 2.25. The Balaban J connectivity index is 1.84. The maximum absolute atomic E-state index is 11.9. The van der Waals surface area contributed by atoms with E-state index < -0.39 is 0 Å². The number of rotatable bonds is 3. The molecule has 2 N–H and O–H groups in total. The summed E-state index contributed by atoms with van der Waals surface area (Å²) in [6, 6.07) is 13.5. The average molecular weight is 312 g/mol. The summed E-state index contributed by atoms with van der Waals surface area (Å²) in [6.45, 7) is 1.84. The largest absolute Gasteiger partial charge is 0.327 e. The summed E-state index contributed by atoms with van der Waals surface area (Å²) in [5, 5.41) is 12.1. The molecule has 0 aliphatic rings.